The Bertz CT molecular complexity index is 562. The van der Waals surface area contributed by atoms with Gasteiger partial charge in [-0.15, -0.1) is 0 Å². The van der Waals surface area contributed by atoms with Gasteiger partial charge in [0.25, 0.3) is 0 Å². The van der Waals surface area contributed by atoms with Crippen molar-refractivity contribution in [3.8, 4) is 5.75 Å². The molecule has 2 aromatic rings. The maximum atomic E-state index is 13.4. The summed E-state index contributed by atoms with van der Waals surface area (Å²) < 4.78 is 32.3. The molecule has 0 aromatic heterocycles. The first-order chi connectivity index (χ1) is 9.11. The van der Waals surface area contributed by atoms with E-state index >= 15 is 0 Å². The van der Waals surface area contributed by atoms with Gasteiger partial charge >= 0.3 is 0 Å². The SMILES string of the molecule is Cc1ccc(OCc2c(F)cccc2F)c(CO)c1. The first-order valence-corrected chi connectivity index (χ1v) is 5.88. The quantitative estimate of drug-likeness (QED) is 0.917. The van der Waals surface area contributed by atoms with Gasteiger partial charge in [0, 0.05) is 5.56 Å². The molecule has 2 rings (SSSR count). The lowest BCUT2D eigenvalue weighted by atomic mass is 10.1. The molecule has 0 atom stereocenters. The number of halogens is 2. The summed E-state index contributed by atoms with van der Waals surface area (Å²) in [5, 5.41) is 9.22. The Morgan fingerprint density at radius 2 is 1.79 bits per heavy atom. The van der Waals surface area contributed by atoms with E-state index in [0.717, 1.165) is 5.56 Å². The predicted octanol–water partition coefficient (Wildman–Crippen LogP) is 3.34. The molecule has 0 saturated carbocycles. The van der Waals surface area contributed by atoms with Gasteiger partial charge in [0.05, 0.1) is 12.2 Å². The Kier molecular flexibility index (Phi) is 4.12. The topological polar surface area (TPSA) is 29.5 Å². The van der Waals surface area contributed by atoms with Gasteiger partial charge in [0.15, 0.2) is 0 Å². The van der Waals surface area contributed by atoms with Crippen molar-refractivity contribution in [1.29, 1.82) is 0 Å². The molecule has 0 heterocycles. The van der Waals surface area contributed by atoms with E-state index in [0.29, 0.717) is 11.3 Å². The standard InChI is InChI=1S/C15H14F2O2/c1-10-5-6-15(11(7-10)8-18)19-9-12-13(16)3-2-4-14(12)17/h2-7,18H,8-9H2,1H3. The second kappa shape index (κ2) is 5.80. The van der Waals surface area contributed by atoms with Gasteiger partial charge < -0.3 is 9.84 Å². The van der Waals surface area contributed by atoms with E-state index in [4.69, 9.17) is 4.74 Å². The number of benzene rings is 2. The summed E-state index contributed by atoms with van der Waals surface area (Å²) in [6.07, 6.45) is 0. The summed E-state index contributed by atoms with van der Waals surface area (Å²) in [5.74, 6) is -0.855. The molecule has 0 aliphatic rings. The molecule has 0 fully saturated rings. The molecule has 100 valence electrons. The molecule has 1 N–H and O–H groups in total. The first-order valence-electron chi connectivity index (χ1n) is 5.88. The lowest BCUT2D eigenvalue weighted by Gasteiger charge is -2.11. The minimum atomic E-state index is -0.641. The zero-order chi connectivity index (χ0) is 13.8. The summed E-state index contributed by atoms with van der Waals surface area (Å²) in [7, 11) is 0. The van der Waals surface area contributed by atoms with Crippen LogP contribution in [0.2, 0.25) is 0 Å². The molecule has 19 heavy (non-hydrogen) atoms. The predicted molar refractivity (Wildman–Crippen MR) is 67.8 cm³/mol. The van der Waals surface area contributed by atoms with Crippen molar-refractivity contribution in [3.63, 3.8) is 0 Å². The Morgan fingerprint density at radius 1 is 1.11 bits per heavy atom. The van der Waals surface area contributed by atoms with E-state index < -0.39 is 11.6 Å². The van der Waals surface area contributed by atoms with Crippen LogP contribution in [0.1, 0.15) is 16.7 Å². The highest BCUT2D eigenvalue weighted by atomic mass is 19.1. The fourth-order valence-electron chi connectivity index (χ4n) is 1.79. The number of hydrogen-bond donors (Lipinski definition) is 1. The van der Waals surface area contributed by atoms with Gasteiger partial charge in [-0.25, -0.2) is 8.78 Å². The van der Waals surface area contributed by atoms with Crippen LogP contribution < -0.4 is 4.74 Å². The largest absolute Gasteiger partial charge is 0.488 e. The Hall–Kier alpha value is -1.94. The second-order valence-electron chi connectivity index (χ2n) is 4.26. The van der Waals surface area contributed by atoms with E-state index in [1.54, 1.807) is 12.1 Å². The highest BCUT2D eigenvalue weighted by Gasteiger charge is 2.10. The van der Waals surface area contributed by atoms with E-state index in [9.17, 15) is 13.9 Å². The Labute approximate surface area is 110 Å². The fourth-order valence-corrected chi connectivity index (χ4v) is 1.79. The van der Waals surface area contributed by atoms with Crippen LogP contribution >= 0.6 is 0 Å². The van der Waals surface area contributed by atoms with Gasteiger partial charge in [-0.2, -0.15) is 0 Å². The smallest absolute Gasteiger partial charge is 0.132 e. The average molecular weight is 264 g/mol. The van der Waals surface area contributed by atoms with E-state index in [1.165, 1.54) is 18.2 Å². The van der Waals surface area contributed by atoms with Crippen molar-refractivity contribution in [2.24, 2.45) is 0 Å². The van der Waals surface area contributed by atoms with Crippen LogP contribution in [-0.2, 0) is 13.2 Å². The molecule has 2 aromatic carbocycles. The molecular weight excluding hydrogens is 250 g/mol. The molecule has 4 heteroatoms. The summed E-state index contributed by atoms with van der Waals surface area (Å²) in [6, 6.07) is 8.94. The molecule has 2 nitrogen and oxygen atoms in total. The average Bonchev–Trinajstić information content (AvgIpc) is 2.39. The lowest BCUT2D eigenvalue weighted by molar-refractivity contribution is 0.255. The molecule has 0 radical (unpaired) electrons. The fraction of sp³-hybridized carbons (Fsp3) is 0.200. The number of rotatable bonds is 4. The monoisotopic (exact) mass is 264 g/mol. The van der Waals surface area contributed by atoms with Crippen LogP contribution in [0, 0.1) is 18.6 Å². The maximum absolute atomic E-state index is 13.4. The van der Waals surface area contributed by atoms with E-state index in [2.05, 4.69) is 0 Å². The minimum absolute atomic E-state index is 0.119. The summed E-state index contributed by atoms with van der Waals surface area (Å²) in [5.41, 5.74) is 1.46. The molecule has 0 saturated heterocycles. The lowest BCUT2D eigenvalue weighted by Crippen LogP contribution is -2.03. The van der Waals surface area contributed by atoms with Crippen LogP contribution in [-0.4, -0.2) is 5.11 Å². The van der Waals surface area contributed by atoms with Crippen molar-refractivity contribution in [3.05, 3.63) is 64.7 Å². The minimum Gasteiger partial charge on any atom is -0.488 e. The van der Waals surface area contributed by atoms with Crippen LogP contribution in [0.3, 0.4) is 0 Å². The van der Waals surface area contributed by atoms with E-state index in [-0.39, 0.29) is 18.8 Å². The molecule has 0 aliphatic heterocycles. The van der Waals surface area contributed by atoms with Crippen molar-refractivity contribution >= 4 is 0 Å². The first kappa shape index (κ1) is 13.5. The number of aliphatic hydroxyl groups excluding tert-OH is 1. The van der Waals surface area contributed by atoms with Crippen LogP contribution in [0.4, 0.5) is 8.78 Å². The second-order valence-corrected chi connectivity index (χ2v) is 4.26. The summed E-state index contributed by atoms with van der Waals surface area (Å²) >= 11 is 0. The number of ether oxygens (including phenoxy) is 1. The molecule has 0 amide bonds. The highest BCUT2D eigenvalue weighted by Crippen LogP contribution is 2.22. The third kappa shape index (κ3) is 3.09. The van der Waals surface area contributed by atoms with Crippen LogP contribution in [0.5, 0.6) is 5.75 Å². The molecular formula is C15H14F2O2. The van der Waals surface area contributed by atoms with Crippen molar-refractivity contribution in [1.82, 2.24) is 0 Å². The Balaban J connectivity index is 2.19. The highest BCUT2D eigenvalue weighted by molar-refractivity contribution is 5.36. The molecule has 0 bridgehead atoms. The zero-order valence-electron chi connectivity index (χ0n) is 10.5. The van der Waals surface area contributed by atoms with Gasteiger partial charge in [0.2, 0.25) is 0 Å². The van der Waals surface area contributed by atoms with Gasteiger partial charge in [0.1, 0.15) is 24.0 Å². The number of hydrogen-bond acceptors (Lipinski definition) is 2. The van der Waals surface area contributed by atoms with Crippen LogP contribution in [0.15, 0.2) is 36.4 Å². The summed E-state index contributed by atoms with van der Waals surface area (Å²) in [6.45, 7) is 1.49. The van der Waals surface area contributed by atoms with Crippen molar-refractivity contribution in [2.45, 2.75) is 20.1 Å². The summed E-state index contributed by atoms with van der Waals surface area (Å²) in [4.78, 5) is 0. The number of aliphatic hydroxyl groups is 1. The molecule has 0 aliphatic carbocycles. The van der Waals surface area contributed by atoms with Gasteiger partial charge in [-0.3, -0.25) is 0 Å². The van der Waals surface area contributed by atoms with Gasteiger partial charge in [-0.1, -0.05) is 23.8 Å². The van der Waals surface area contributed by atoms with Crippen molar-refractivity contribution < 1.29 is 18.6 Å². The Morgan fingerprint density at radius 3 is 2.42 bits per heavy atom. The normalized spacial score (nSPS) is 10.5. The molecule has 0 spiro atoms. The zero-order valence-corrected chi connectivity index (χ0v) is 10.5. The maximum Gasteiger partial charge on any atom is 0.132 e. The van der Waals surface area contributed by atoms with E-state index in [1.807, 2.05) is 13.0 Å². The molecule has 0 unspecified atom stereocenters. The third-order valence-corrected chi connectivity index (χ3v) is 2.82. The van der Waals surface area contributed by atoms with Crippen LogP contribution in [0.25, 0.3) is 0 Å². The van der Waals surface area contributed by atoms with Gasteiger partial charge in [-0.05, 0) is 25.1 Å². The van der Waals surface area contributed by atoms with Crippen molar-refractivity contribution in [2.75, 3.05) is 0 Å². The third-order valence-electron chi connectivity index (χ3n) is 2.82. The number of aryl methyl sites for hydroxylation is 1.